The van der Waals surface area contributed by atoms with E-state index in [9.17, 15) is 14.4 Å². The van der Waals surface area contributed by atoms with Crippen molar-refractivity contribution in [3.05, 3.63) is 35.9 Å². The third-order valence-corrected chi connectivity index (χ3v) is 4.56. The number of carbonyl (C=O) groups excluding carboxylic acids is 3. The van der Waals surface area contributed by atoms with E-state index in [-0.39, 0.29) is 28.8 Å². The lowest BCUT2D eigenvalue weighted by Crippen LogP contribution is -2.19. The maximum absolute atomic E-state index is 12.7. The van der Waals surface area contributed by atoms with Crippen molar-refractivity contribution in [2.75, 3.05) is 23.7 Å². The second-order valence-corrected chi connectivity index (χ2v) is 6.78. The third-order valence-electron chi connectivity index (χ3n) is 4.56. The van der Waals surface area contributed by atoms with Crippen LogP contribution >= 0.6 is 0 Å². The average molecular weight is 397 g/mol. The predicted molar refractivity (Wildman–Crippen MR) is 102 cm³/mol. The zero-order valence-corrected chi connectivity index (χ0v) is 15.5. The zero-order valence-electron chi connectivity index (χ0n) is 15.5. The lowest BCUT2D eigenvalue weighted by molar-refractivity contribution is -0.119. The first-order valence-corrected chi connectivity index (χ1v) is 8.90. The van der Waals surface area contributed by atoms with Gasteiger partial charge >= 0.3 is 0 Å². The maximum atomic E-state index is 12.7. The van der Waals surface area contributed by atoms with Gasteiger partial charge in [-0.2, -0.15) is 10.2 Å². The molecule has 3 aromatic heterocycles. The molecular formula is C17H19N9O3. The smallest absolute Gasteiger partial charge is 0.271 e. The molecule has 5 N–H and O–H groups in total. The van der Waals surface area contributed by atoms with Gasteiger partial charge in [-0.15, -0.1) is 0 Å². The summed E-state index contributed by atoms with van der Waals surface area (Å²) in [6.07, 6.45) is 5.03. The Balaban J connectivity index is 1.53. The summed E-state index contributed by atoms with van der Waals surface area (Å²) in [5.74, 6) is -0.451. The number of nitrogens with zero attached hydrogens (tertiary/aromatic N) is 5. The van der Waals surface area contributed by atoms with E-state index in [4.69, 9.17) is 5.73 Å². The van der Waals surface area contributed by atoms with Crippen LogP contribution in [0.3, 0.4) is 0 Å². The van der Waals surface area contributed by atoms with E-state index in [2.05, 4.69) is 31.1 Å². The van der Waals surface area contributed by atoms with Gasteiger partial charge in [-0.05, 0) is 6.07 Å². The average Bonchev–Trinajstić information content (AvgIpc) is 3.38. The minimum absolute atomic E-state index is 0.0349. The lowest BCUT2D eigenvalue weighted by atomic mass is 10.1. The fourth-order valence-electron chi connectivity index (χ4n) is 3.14. The largest absolute Gasteiger partial charge is 0.370 e. The van der Waals surface area contributed by atoms with Crippen LogP contribution in [-0.4, -0.2) is 55.2 Å². The van der Waals surface area contributed by atoms with Gasteiger partial charge in [0.2, 0.25) is 5.91 Å². The quantitative estimate of drug-likeness (QED) is 0.430. The van der Waals surface area contributed by atoms with E-state index in [1.54, 1.807) is 19.3 Å². The molecule has 0 aromatic carbocycles. The van der Waals surface area contributed by atoms with Crippen molar-refractivity contribution in [3.63, 3.8) is 0 Å². The molecule has 29 heavy (non-hydrogen) atoms. The summed E-state index contributed by atoms with van der Waals surface area (Å²) in [5.41, 5.74) is 6.04. The SMILES string of the molecule is Cn1cc(NC(=O)c2cnn3ccc(NCC4CNC(=O)C4)nc23)c(C(N)=O)n1. The number of amides is 3. The molecule has 0 bridgehead atoms. The molecule has 1 unspecified atom stereocenters. The monoisotopic (exact) mass is 397 g/mol. The van der Waals surface area contributed by atoms with Gasteiger partial charge in [-0.1, -0.05) is 0 Å². The van der Waals surface area contributed by atoms with Crippen LogP contribution in [0.2, 0.25) is 0 Å². The summed E-state index contributed by atoms with van der Waals surface area (Å²) in [5, 5.41) is 16.7. The highest BCUT2D eigenvalue weighted by Crippen LogP contribution is 2.17. The third kappa shape index (κ3) is 3.72. The number of carbonyl (C=O) groups is 3. The van der Waals surface area contributed by atoms with E-state index in [0.717, 1.165) is 0 Å². The fraction of sp³-hybridized carbons (Fsp3) is 0.294. The fourth-order valence-corrected chi connectivity index (χ4v) is 3.14. The molecule has 0 saturated carbocycles. The van der Waals surface area contributed by atoms with Crippen LogP contribution in [0.1, 0.15) is 27.3 Å². The highest BCUT2D eigenvalue weighted by atomic mass is 16.2. The van der Waals surface area contributed by atoms with Crippen LogP contribution in [0.25, 0.3) is 5.65 Å². The summed E-state index contributed by atoms with van der Waals surface area (Å²) >= 11 is 0. The molecule has 0 radical (unpaired) electrons. The maximum Gasteiger partial charge on any atom is 0.271 e. The van der Waals surface area contributed by atoms with E-state index in [0.29, 0.717) is 31.0 Å². The van der Waals surface area contributed by atoms with Crippen LogP contribution in [0, 0.1) is 5.92 Å². The second-order valence-electron chi connectivity index (χ2n) is 6.78. The number of rotatable bonds is 6. The predicted octanol–water partition coefficient (Wildman–Crippen LogP) is -0.638. The molecule has 3 aromatic rings. The Hall–Kier alpha value is -3.96. The Morgan fingerprint density at radius 1 is 1.41 bits per heavy atom. The highest BCUT2D eigenvalue weighted by molar-refractivity contribution is 6.10. The number of hydrogen-bond acceptors (Lipinski definition) is 7. The van der Waals surface area contributed by atoms with Gasteiger partial charge in [-0.25, -0.2) is 9.50 Å². The standard InChI is InChI=1S/C17H19N9O3/c1-25-8-11(14(24-25)15(18)28)22-17(29)10-7-21-26-3-2-12(23-16(10)26)19-5-9-4-13(27)20-6-9/h2-3,7-9H,4-6H2,1H3,(H2,18,28)(H,19,23)(H,20,27)(H,22,29). The Kier molecular flexibility index (Phi) is 4.58. The van der Waals surface area contributed by atoms with Crippen LogP contribution in [0.15, 0.2) is 24.7 Å². The lowest BCUT2D eigenvalue weighted by Gasteiger charge is -2.10. The van der Waals surface area contributed by atoms with Crippen LogP contribution in [0.4, 0.5) is 11.5 Å². The number of nitrogens with one attached hydrogen (secondary N) is 3. The molecule has 12 nitrogen and oxygen atoms in total. The summed E-state index contributed by atoms with van der Waals surface area (Å²) < 4.78 is 2.85. The minimum Gasteiger partial charge on any atom is -0.370 e. The van der Waals surface area contributed by atoms with Crippen molar-refractivity contribution in [3.8, 4) is 0 Å². The molecule has 1 fully saturated rings. The molecule has 4 rings (SSSR count). The van der Waals surface area contributed by atoms with Gasteiger partial charge in [0.15, 0.2) is 11.3 Å². The Labute approximate surface area is 164 Å². The Morgan fingerprint density at radius 3 is 2.97 bits per heavy atom. The number of nitrogens with two attached hydrogens (primary N) is 1. The molecule has 1 aliphatic heterocycles. The molecule has 0 aliphatic carbocycles. The van der Waals surface area contributed by atoms with Crippen molar-refractivity contribution < 1.29 is 14.4 Å². The molecule has 12 heteroatoms. The van der Waals surface area contributed by atoms with Gasteiger partial charge in [0.05, 0.1) is 11.9 Å². The van der Waals surface area contributed by atoms with Crippen molar-refractivity contribution in [1.29, 1.82) is 0 Å². The molecular weight excluding hydrogens is 378 g/mol. The molecule has 3 amide bonds. The number of aryl methyl sites for hydroxylation is 1. The van der Waals surface area contributed by atoms with E-state index in [1.807, 2.05) is 0 Å². The first-order chi connectivity index (χ1) is 13.9. The van der Waals surface area contributed by atoms with Gasteiger partial charge < -0.3 is 21.7 Å². The normalized spacial score (nSPS) is 16.0. The number of aromatic nitrogens is 5. The molecule has 150 valence electrons. The first kappa shape index (κ1) is 18.4. The summed E-state index contributed by atoms with van der Waals surface area (Å²) in [4.78, 5) is 40.0. The summed E-state index contributed by atoms with van der Waals surface area (Å²) in [6.45, 7) is 1.21. The zero-order chi connectivity index (χ0) is 20.5. The van der Waals surface area contributed by atoms with Crippen LogP contribution in [-0.2, 0) is 11.8 Å². The van der Waals surface area contributed by atoms with Gasteiger partial charge in [0.1, 0.15) is 11.4 Å². The first-order valence-electron chi connectivity index (χ1n) is 8.90. The number of primary amides is 1. The molecule has 1 saturated heterocycles. The van der Waals surface area contributed by atoms with Gasteiger partial charge in [0.25, 0.3) is 11.8 Å². The summed E-state index contributed by atoms with van der Waals surface area (Å²) in [7, 11) is 1.62. The number of hydrogen-bond donors (Lipinski definition) is 4. The van der Waals surface area contributed by atoms with Gasteiger partial charge in [0, 0.05) is 44.9 Å². The minimum atomic E-state index is -0.745. The van der Waals surface area contributed by atoms with Crippen LogP contribution < -0.4 is 21.7 Å². The topological polar surface area (TPSA) is 161 Å². The second kappa shape index (κ2) is 7.22. The molecule has 0 spiro atoms. The molecule has 1 aliphatic rings. The van der Waals surface area contributed by atoms with Crippen LogP contribution in [0.5, 0.6) is 0 Å². The van der Waals surface area contributed by atoms with E-state index >= 15 is 0 Å². The highest BCUT2D eigenvalue weighted by Gasteiger charge is 2.22. The van der Waals surface area contributed by atoms with E-state index < -0.39 is 11.8 Å². The Morgan fingerprint density at radius 2 is 2.24 bits per heavy atom. The number of fused-ring (bicyclic) bond motifs is 1. The molecule has 1 atom stereocenters. The summed E-state index contributed by atoms with van der Waals surface area (Å²) in [6, 6.07) is 1.73. The molecule has 4 heterocycles. The number of anilines is 2. The van der Waals surface area contributed by atoms with Gasteiger partial charge in [-0.3, -0.25) is 19.1 Å². The van der Waals surface area contributed by atoms with Crippen molar-refractivity contribution >= 4 is 34.9 Å². The van der Waals surface area contributed by atoms with Crippen molar-refractivity contribution in [2.24, 2.45) is 18.7 Å². The van der Waals surface area contributed by atoms with Crippen molar-refractivity contribution in [2.45, 2.75) is 6.42 Å². The van der Waals surface area contributed by atoms with E-state index in [1.165, 1.54) is 21.6 Å². The Bertz CT molecular complexity index is 1120. The van der Waals surface area contributed by atoms with Crippen molar-refractivity contribution in [1.82, 2.24) is 29.7 Å².